The number of likely N-dealkylation sites (N-methyl/N-ethyl adjacent to an activating group) is 2. The van der Waals surface area contributed by atoms with Crippen LogP contribution in [0.25, 0.3) is 0 Å². The quantitative estimate of drug-likeness (QED) is 0.850. The summed E-state index contributed by atoms with van der Waals surface area (Å²) < 4.78 is 11.2. The lowest BCUT2D eigenvalue weighted by atomic mass is 10.1. The van der Waals surface area contributed by atoms with Gasteiger partial charge in [-0.25, -0.2) is 0 Å². The molecule has 110 valence electrons. The highest BCUT2D eigenvalue weighted by atomic mass is 16.6. The first kappa shape index (κ1) is 13.4. The molecule has 2 heterocycles. The summed E-state index contributed by atoms with van der Waals surface area (Å²) in [6.07, 6.45) is 2.54. The lowest BCUT2D eigenvalue weighted by Crippen LogP contribution is -2.37. The van der Waals surface area contributed by atoms with Crippen molar-refractivity contribution in [1.29, 1.82) is 0 Å². The second-order valence-electron chi connectivity index (χ2n) is 5.71. The van der Waals surface area contributed by atoms with Crippen molar-refractivity contribution in [3.8, 4) is 11.5 Å². The van der Waals surface area contributed by atoms with Crippen molar-refractivity contribution in [1.82, 2.24) is 4.90 Å². The molecule has 1 fully saturated rings. The Hall–Kier alpha value is -1.62. The van der Waals surface area contributed by atoms with E-state index in [-0.39, 0.29) is 0 Å². The maximum absolute atomic E-state index is 6.16. The van der Waals surface area contributed by atoms with Crippen LogP contribution >= 0.6 is 0 Å². The van der Waals surface area contributed by atoms with E-state index in [9.17, 15) is 0 Å². The molecule has 0 aliphatic carbocycles. The van der Waals surface area contributed by atoms with Gasteiger partial charge < -0.3 is 25.0 Å². The third-order valence-electron chi connectivity index (χ3n) is 4.26. The maximum Gasteiger partial charge on any atom is 0.163 e. The number of ether oxygens (including phenoxy) is 2. The standard InChI is InChI=1S/C15H23N3O2/c1-17-5-3-4-11(17)10-18(2)13-9-15-14(8-12(13)16)19-6-7-20-15/h8-9,11H,3-7,10,16H2,1-2H3. The van der Waals surface area contributed by atoms with E-state index in [1.807, 2.05) is 12.1 Å². The van der Waals surface area contributed by atoms with E-state index in [1.165, 1.54) is 19.4 Å². The van der Waals surface area contributed by atoms with E-state index in [4.69, 9.17) is 15.2 Å². The van der Waals surface area contributed by atoms with Crippen LogP contribution in [0, 0.1) is 0 Å². The fourth-order valence-corrected chi connectivity index (χ4v) is 3.05. The molecule has 1 aromatic carbocycles. The van der Waals surface area contributed by atoms with Crippen molar-refractivity contribution >= 4 is 11.4 Å². The van der Waals surface area contributed by atoms with Crippen LogP contribution < -0.4 is 20.1 Å². The average molecular weight is 277 g/mol. The predicted molar refractivity (Wildman–Crippen MR) is 80.8 cm³/mol. The maximum atomic E-state index is 6.16. The number of fused-ring (bicyclic) bond motifs is 1. The molecule has 5 nitrogen and oxygen atoms in total. The van der Waals surface area contributed by atoms with Gasteiger partial charge in [0.05, 0.1) is 11.4 Å². The highest BCUT2D eigenvalue weighted by Gasteiger charge is 2.24. The van der Waals surface area contributed by atoms with Gasteiger partial charge in [-0.15, -0.1) is 0 Å². The average Bonchev–Trinajstić information content (AvgIpc) is 2.83. The van der Waals surface area contributed by atoms with Crippen LogP contribution in [0.1, 0.15) is 12.8 Å². The molecule has 1 saturated heterocycles. The van der Waals surface area contributed by atoms with Gasteiger partial charge >= 0.3 is 0 Å². The predicted octanol–water partition coefficient (Wildman–Crippen LogP) is 1.57. The Morgan fingerprint density at radius 2 is 2.00 bits per heavy atom. The molecule has 0 radical (unpaired) electrons. The van der Waals surface area contributed by atoms with Crippen LogP contribution in [0.3, 0.4) is 0 Å². The molecule has 1 unspecified atom stereocenters. The summed E-state index contributed by atoms with van der Waals surface area (Å²) >= 11 is 0. The summed E-state index contributed by atoms with van der Waals surface area (Å²) in [5.41, 5.74) is 7.93. The molecule has 2 aliphatic heterocycles. The summed E-state index contributed by atoms with van der Waals surface area (Å²) in [7, 11) is 4.28. The smallest absolute Gasteiger partial charge is 0.163 e. The molecule has 1 atom stereocenters. The zero-order chi connectivity index (χ0) is 14.1. The Bertz CT molecular complexity index is 492. The minimum Gasteiger partial charge on any atom is -0.486 e. The molecule has 20 heavy (non-hydrogen) atoms. The molecule has 0 spiro atoms. The number of nitrogens with two attached hydrogens (primary N) is 1. The number of hydrogen-bond acceptors (Lipinski definition) is 5. The Labute approximate surface area is 120 Å². The van der Waals surface area contributed by atoms with E-state index >= 15 is 0 Å². The van der Waals surface area contributed by atoms with Gasteiger partial charge in [0.25, 0.3) is 0 Å². The Kier molecular flexibility index (Phi) is 3.61. The lowest BCUT2D eigenvalue weighted by Gasteiger charge is -2.29. The fourth-order valence-electron chi connectivity index (χ4n) is 3.05. The molecule has 0 aromatic heterocycles. The number of likely N-dealkylation sites (tertiary alicyclic amines) is 1. The summed E-state index contributed by atoms with van der Waals surface area (Å²) in [5, 5.41) is 0. The zero-order valence-corrected chi connectivity index (χ0v) is 12.3. The Balaban J connectivity index is 1.78. The van der Waals surface area contributed by atoms with Gasteiger partial charge in [0.2, 0.25) is 0 Å². The fraction of sp³-hybridized carbons (Fsp3) is 0.600. The van der Waals surface area contributed by atoms with Gasteiger partial charge in [0, 0.05) is 31.8 Å². The van der Waals surface area contributed by atoms with Crippen LogP contribution in [0.5, 0.6) is 11.5 Å². The molecule has 5 heteroatoms. The third-order valence-corrected chi connectivity index (χ3v) is 4.26. The number of anilines is 2. The Morgan fingerprint density at radius 3 is 2.65 bits per heavy atom. The van der Waals surface area contributed by atoms with Crippen LogP contribution in [-0.2, 0) is 0 Å². The largest absolute Gasteiger partial charge is 0.486 e. The third kappa shape index (κ3) is 2.50. The summed E-state index contributed by atoms with van der Waals surface area (Å²) in [5.74, 6) is 1.55. The molecule has 0 saturated carbocycles. The van der Waals surface area contributed by atoms with Crippen LogP contribution in [0.15, 0.2) is 12.1 Å². The monoisotopic (exact) mass is 277 g/mol. The first-order chi connectivity index (χ1) is 9.65. The van der Waals surface area contributed by atoms with E-state index in [0.29, 0.717) is 19.3 Å². The molecular weight excluding hydrogens is 254 g/mol. The van der Waals surface area contributed by atoms with E-state index < -0.39 is 0 Å². The van der Waals surface area contributed by atoms with Gasteiger partial charge in [-0.1, -0.05) is 0 Å². The van der Waals surface area contributed by atoms with Crippen LogP contribution in [0.2, 0.25) is 0 Å². The first-order valence-corrected chi connectivity index (χ1v) is 7.25. The highest BCUT2D eigenvalue weighted by Crippen LogP contribution is 2.38. The van der Waals surface area contributed by atoms with E-state index in [2.05, 4.69) is 23.9 Å². The number of nitrogen functional groups attached to an aromatic ring is 1. The lowest BCUT2D eigenvalue weighted by molar-refractivity contribution is 0.172. The normalized spacial score (nSPS) is 22.0. The summed E-state index contributed by atoms with van der Waals surface area (Å²) in [6, 6.07) is 4.48. The van der Waals surface area contributed by atoms with Crippen molar-refractivity contribution in [3.63, 3.8) is 0 Å². The van der Waals surface area contributed by atoms with Crippen molar-refractivity contribution in [3.05, 3.63) is 12.1 Å². The molecule has 0 bridgehead atoms. The molecular formula is C15H23N3O2. The number of nitrogens with zero attached hydrogens (tertiary/aromatic N) is 2. The first-order valence-electron chi connectivity index (χ1n) is 7.25. The van der Waals surface area contributed by atoms with Gasteiger partial charge in [-0.05, 0) is 26.4 Å². The molecule has 3 rings (SSSR count). The van der Waals surface area contributed by atoms with Gasteiger partial charge in [0.15, 0.2) is 11.5 Å². The number of hydrogen-bond donors (Lipinski definition) is 1. The molecule has 0 amide bonds. The van der Waals surface area contributed by atoms with Gasteiger partial charge in [-0.2, -0.15) is 0 Å². The SMILES string of the molecule is CN(CC1CCCN1C)c1cc2c(cc1N)OCCO2. The molecule has 2 N–H and O–H groups in total. The van der Waals surface area contributed by atoms with Crippen LogP contribution in [-0.4, -0.2) is 51.3 Å². The zero-order valence-electron chi connectivity index (χ0n) is 12.3. The summed E-state index contributed by atoms with van der Waals surface area (Å²) in [6.45, 7) is 3.37. The number of benzene rings is 1. The van der Waals surface area contributed by atoms with E-state index in [1.54, 1.807) is 0 Å². The highest BCUT2D eigenvalue weighted by molar-refractivity contribution is 5.73. The van der Waals surface area contributed by atoms with Crippen molar-refractivity contribution in [2.24, 2.45) is 0 Å². The molecule has 2 aliphatic rings. The van der Waals surface area contributed by atoms with Crippen molar-refractivity contribution < 1.29 is 9.47 Å². The van der Waals surface area contributed by atoms with Crippen molar-refractivity contribution in [2.45, 2.75) is 18.9 Å². The Morgan fingerprint density at radius 1 is 1.30 bits per heavy atom. The van der Waals surface area contributed by atoms with Crippen molar-refractivity contribution in [2.75, 3.05) is 51.0 Å². The topological polar surface area (TPSA) is 51.0 Å². The minimum atomic E-state index is 0.592. The second-order valence-corrected chi connectivity index (χ2v) is 5.71. The summed E-state index contributed by atoms with van der Waals surface area (Å²) in [4.78, 5) is 4.64. The minimum absolute atomic E-state index is 0.592. The van der Waals surface area contributed by atoms with Gasteiger partial charge in [-0.3, -0.25) is 0 Å². The van der Waals surface area contributed by atoms with Gasteiger partial charge in [0.1, 0.15) is 13.2 Å². The molecule has 1 aromatic rings. The van der Waals surface area contributed by atoms with Crippen LogP contribution in [0.4, 0.5) is 11.4 Å². The number of rotatable bonds is 3. The second kappa shape index (κ2) is 5.40. The van der Waals surface area contributed by atoms with E-state index in [0.717, 1.165) is 29.4 Å².